The van der Waals surface area contributed by atoms with Crippen LogP contribution in [0.15, 0.2) is 76.3 Å². The van der Waals surface area contributed by atoms with Gasteiger partial charge in [0, 0.05) is 16.4 Å². The molecule has 0 amide bonds. The summed E-state index contributed by atoms with van der Waals surface area (Å²) in [6, 6.07) is 20.7. The number of aliphatic imine (C=N–C) groups is 1. The summed E-state index contributed by atoms with van der Waals surface area (Å²) in [6.07, 6.45) is 3.95. The first-order chi connectivity index (χ1) is 11.1. The van der Waals surface area contributed by atoms with Crippen molar-refractivity contribution < 1.29 is 0 Å². The fraction of sp³-hybridized carbons (Fsp3) is 0.150. The molecule has 0 saturated carbocycles. The molecule has 2 aromatic carbocycles. The SMILES string of the molecule is CC(C)c1ccc(N=Cc2cccn2-c2cccc(Br)c2)cc1. The number of aromatic nitrogens is 1. The smallest absolute Gasteiger partial charge is 0.0639 e. The maximum atomic E-state index is 4.60. The topological polar surface area (TPSA) is 17.3 Å². The van der Waals surface area contributed by atoms with Crippen molar-refractivity contribution in [2.75, 3.05) is 0 Å². The van der Waals surface area contributed by atoms with Crippen LogP contribution < -0.4 is 0 Å². The summed E-state index contributed by atoms with van der Waals surface area (Å²) in [6.45, 7) is 4.40. The van der Waals surface area contributed by atoms with Gasteiger partial charge in [0.15, 0.2) is 0 Å². The Morgan fingerprint density at radius 3 is 2.48 bits per heavy atom. The molecule has 0 atom stereocenters. The molecule has 23 heavy (non-hydrogen) atoms. The van der Waals surface area contributed by atoms with Crippen LogP contribution in [-0.2, 0) is 0 Å². The van der Waals surface area contributed by atoms with E-state index in [1.807, 2.05) is 30.6 Å². The molecule has 3 heteroatoms. The maximum Gasteiger partial charge on any atom is 0.0639 e. The van der Waals surface area contributed by atoms with Crippen LogP contribution >= 0.6 is 15.9 Å². The molecule has 0 N–H and O–H groups in total. The zero-order valence-electron chi connectivity index (χ0n) is 13.3. The van der Waals surface area contributed by atoms with Gasteiger partial charge in [-0.3, -0.25) is 4.99 Å². The van der Waals surface area contributed by atoms with Gasteiger partial charge in [-0.05, 0) is 53.9 Å². The Hall–Kier alpha value is -2.13. The van der Waals surface area contributed by atoms with E-state index in [2.05, 4.69) is 81.8 Å². The number of nitrogens with zero attached hydrogens (tertiary/aromatic N) is 2. The molecular weight excluding hydrogens is 348 g/mol. The highest BCUT2D eigenvalue weighted by Gasteiger charge is 2.02. The van der Waals surface area contributed by atoms with Crippen LogP contribution in [0.3, 0.4) is 0 Å². The molecule has 1 heterocycles. The largest absolute Gasteiger partial charge is 0.316 e. The van der Waals surface area contributed by atoms with Gasteiger partial charge in [-0.2, -0.15) is 0 Å². The highest BCUT2D eigenvalue weighted by molar-refractivity contribution is 9.10. The van der Waals surface area contributed by atoms with Crippen LogP contribution in [0.4, 0.5) is 5.69 Å². The average molecular weight is 367 g/mol. The Balaban J connectivity index is 1.85. The number of benzene rings is 2. The van der Waals surface area contributed by atoms with Crippen molar-refractivity contribution in [1.29, 1.82) is 0 Å². The van der Waals surface area contributed by atoms with Crippen LogP contribution in [0, 0.1) is 0 Å². The minimum atomic E-state index is 0.543. The normalized spacial score (nSPS) is 11.5. The third-order valence-corrected chi connectivity index (χ3v) is 4.27. The van der Waals surface area contributed by atoms with Crippen molar-refractivity contribution in [2.24, 2.45) is 4.99 Å². The molecule has 0 bridgehead atoms. The molecule has 0 aliphatic heterocycles. The first-order valence-electron chi connectivity index (χ1n) is 7.71. The molecule has 0 aliphatic rings. The predicted molar refractivity (Wildman–Crippen MR) is 101 cm³/mol. The quantitative estimate of drug-likeness (QED) is 0.495. The molecule has 1 aromatic heterocycles. The molecule has 0 saturated heterocycles. The van der Waals surface area contributed by atoms with Crippen molar-refractivity contribution in [1.82, 2.24) is 4.57 Å². The number of rotatable bonds is 4. The Bertz CT molecular complexity index is 814. The number of halogens is 1. The van der Waals surface area contributed by atoms with E-state index in [1.54, 1.807) is 0 Å². The highest BCUT2D eigenvalue weighted by atomic mass is 79.9. The summed E-state index contributed by atoms with van der Waals surface area (Å²) in [4.78, 5) is 4.60. The molecule has 3 aromatic rings. The van der Waals surface area contributed by atoms with E-state index in [4.69, 9.17) is 0 Å². The fourth-order valence-electron chi connectivity index (χ4n) is 2.45. The Labute approximate surface area is 145 Å². The van der Waals surface area contributed by atoms with Gasteiger partial charge in [-0.1, -0.05) is 48.0 Å². The van der Waals surface area contributed by atoms with E-state index in [0.29, 0.717) is 5.92 Å². The van der Waals surface area contributed by atoms with Gasteiger partial charge in [0.2, 0.25) is 0 Å². The molecule has 0 aliphatic carbocycles. The lowest BCUT2D eigenvalue weighted by Gasteiger charge is -2.07. The van der Waals surface area contributed by atoms with Gasteiger partial charge in [-0.25, -0.2) is 0 Å². The molecule has 116 valence electrons. The summed E-state index contributed by atoms with van der Waals surface area (Å²) >= 11 is 3.52. The van der Waals surface area contributed by atoms with Gasteiger partial charge < -0.3 is 4.57 Å². The molecule has 0 spiro atoms. The Morgan fingerprint density at radius 1 is 1.00 bits per heavy atom. The van der Waals surface area contributed by atoms with E-state index in [1.165, 1.54) is 5.56 Å². The third-order valence-electron chi connectivity index (χ3n) is 3.77. The number of hydrogen-bond donors (Lipinski definition) is 0. The number of hydrogen-bond acceptors (Lipinski definition) is 1. The minimum absolute atomic E-state index is 0.543. The minimum Gasteiger partial charge on any atom is -0.316 e. The van der Waals surface area contributed by atoms with Crippen molar-refractivity contribution in [3.05, 3.63) is 82.6 Å². The summed E-state index contributed by atoms with van der Waals surface area (Å²) in [5.74, 6) is 0.543. The van der Waals surface area contributed by atoms with E-state index in [9.17, 15) is 0 Å². The Morgan fingerprint density at radius 2 is 1.78 bits per heavy atom. The average Bonchev–Trinajstić information content (AvgIpc) is 3.02. The van der Waals surface area contributed by atoms with Crippen LogP contribution in [0.2, 0.25) is 0 Å². The monoisotopic (exact) mass is 366 g/mol. The zero-order valence-corrected chi connectivity index (χ0v) is 14.9. The first-order valence-corrected chi connectivity index (χ1v) is 8.50. The fourth-order valence-corrected chi connectivity index (χ4v) is 2.83. The summed E-state index contributed by atoms with van der Waals surface area (Å²) in [5, 5.41) is 0. The van der Waals surface area contributed by atoms with Crippen LogP contribution in [0.25, 0.3) is 5.69 Å². The van der Waals surface area contributed by atoms with E-state index < -0.39 is 0 Å². The summed E-state index contributed by atoms with van der Waals surface area (Å²) < 4.78 is 3.19. The van der Waals surface area contributed by atoms with Crippen molar-refractivity contribution in [3.8, 4) is 5.69 Å². The van der Waals surface area contributed by atoms with Gasteiger partial charge >= 0.3 is 0 Å². The predicted octanol–water partition coefficient (Wildman–Crippen LogP) is 6.11. The summed E-state index contributed by atoms with van der Waals surface area (Å²) in [7, 11) is 0. The van der Waals surface area contributed by atoms with E-state index in [0.717, 1.165) is 21.5 Å². The van der Waals surface area contributed by atoms with Gasteiger partial charge in [0.05, 0.1) is 17.6 Å². The second kappa shape index (κ2) is 6.97. The lowest BCUT2D eigenvalue weighted by molar-refractivity contribution is 0.867. The standard InChI is InChI=1S/C20H19BrN2/c1-15(2)16-8-10-18(11-9-16)22-14-20-7-4-12-23(20)19-6-3-5-17(21)13-19/h3-15H,1-2H3. The Kier molecular flexibility index (Phi) is 4.77. The molecule has 0 fully saturated rings. The molecule has 0 radical (unpaired) electrons. The molecule has 2 nitrogen and oxygen atoms in total. The zero-order chi connectivity index (χ0) is 16.2. The third kappa shape index (κ3) is 3.80. The first kappa shape index (κ1) is 15.8. The lowest BCUT2D eigenvalue weighted by Crippen LogP contribution is -1.97. The maximum absolute atomic E-state index is 4.60. The molecule has 0 unspecified atom stereocenters. The van der Waals surface area contributed by atoms with E-state index >= 15 is 0 Å². The van der Waals surface area contributed by atoms with Crippen molar-refractivity contribution in [3.63, 3.8) is 0 Å². The van der Waals surface area contributed by atoms with Crippen molar-refractivity contribution >= 4 is 27.8 Å². The second-order valence-corrected chi connectivity index (χ2v) is 6.70. The van der Waals surface area contributed by atoms with Gasteiger partial charge in [-0.15, -0.1) is 0 Å². The summed E-state index contributed by atoms with van der Waals surface area (Å²) in [5.41, 5.74) is 4.47. The van der Waals surface area contributed by atoms with Crippen LogP contribution in [0.5, 0.6) is 0 Å². The second-order valence-electron chi connectivity index (χ2n) is 5.79. The van der Waals surface area contributed by atoms with Gasteiger partial charge in [0.25, 0.3) is 0 Å². The van der Waals surface area contributed by atoms with Crippen molar-refractivity contribution in [2.45, 2.75) is 19.8 Å². The van der Waals surface area contributed by atoms with E-state index in [-0.39, 0.29) is 0 Å². The molecule has 3 rings (SSSR count). The molecular formula is C20H19BrN2. The van der Waals surface area contributed by atoms with Gasteiger partial charge in [0.1, 0.15) is 0 Å². The highest BCUT2D eigenvalue weighted by Crippen LogP contribution is 2.20. The van der Waals surface area contributed by atoms with Crippen LogP contribution in [-0.4, -0.2) is 10.8 Å². The lowest BCUT2D eigenvalue weighted by atomic mass is 10.0. The van der Waals surface area contributed by atoms with Crippen LogP contribution in [0.1, 0.15) is 31.0 Å².